The molecule has 78 valence electrons. The zero-order chi connectivity index (χ0) is 10.1. The maximum atomic E-state index is 6.33. The predicted octanol–water partition coefficient (Wildman–Crippen LogP) is 3.49. The highest BCUT2D eigenvalue weighted by atomic mass is 35.5. The Hall–Kier alpha value is -0.0500. The van der Waals surface area contributed by atoms with Gasteiger partial charge in [-0.1, -0.05) is 11.6 Å². The average molecular weight is 230 g/mol. The topological polar surface area (TPSA) is 12.0 Å². The lowest BCUT2D eigenvalue weighted by Crippen LogP contribution is -2.28. The second kappa shape index (κ2) is 4.21. The molecule has 3 heteroatoms. The van der Waals surface area contributed by atoms with Gasteiger partial charge in [0, 0.05) is 16.3 Å². The first-order chi connectivity index (χ1) is 6.70. The Labute approximate surface area is 94.5 Å². The molecule has 0 radical (unpaired) electrons. The number of rotatable bonds is 1. The van der Waals surface area contributed by atoms with Crippen molar-refractivity contribution in [3.05, 3.63) is 20.3 Å². The summed E-state index contributed by atoms with van der Waals surface area (Å²) >= 11 is 8.16. The molecule has 1 N–H and O–H groups in total. The van der Waals surface area contributed by atoms with Gasteiger partial charge in [-0.3, -0.25) is 0 Å². The van der Waals surface area contributed by atoms with Gasteiger partial charge in [0.1, 0.15) is 0 Å². The zero-order valence-corrected chi connectivity index (χ0v) is 10.3. The van der Waals surface area contributed by atoms with Crippen LogP contribution < -0.4 is 5.32 Å². The molecule has 1 unspecified atom stereocenters. The van der Waals surface area contributed by atoms with Crippen LogP contribution in [0, 0.1) is 13.8 Å². The van der Waals surface area contributed by atoms with Crippen LogP contribution in [0.3, 0.4) is 0 Å². The quantitative estimate of drug-likeness (QED) is 0.778. The standard InChI is InChI=1S/C11H16ClNS/c1-7-10(11(12)8(2)14-7)9-4-3-5-13-6-9/h9,13H,3-6H2,1-2H3. The van der Waals surface area contributed by atoms with Crippen LogP contribution in [-0.2, 0) is 0 Å². The molecular weight excluding hydrogens is 214 g/mol. The Morgan fingerprint density at radius 2 is 2.14 bits per heavy atom. The minimum Gasteiger partial charge on any atom is -0.316 e. The third-order valence-electron chi connectivity index (χ3n) is 2.94. The first-order valence-corrected chi connectivity index (χ1v) is 6.35. The number of halogens is 1. The van der Waals surface area contributed by atoms with E-state index < -0.39 is 0 Å². The van der Waals surface area contributed by atoms with E-state index in [1.54, 1.807) is 0 Å². The van der Waals surface area contributed by atoms with Crippen molar-refractivity contribution in [2.24, 2.45) is 0 Å². The van der Waals surface area contributed by atoms with Crippen molar-refractivity contribution >= 4 is 22.9 Å². The Morgan fingerprint density at radius 1 is 1.36 bits per heavy atom. The lowest BCUT2D eigenvalue weighted by molar-refractivity contribution is 0.461. The maximum Gasteiger partial charge on any atom is 0.0580 e. The van der Waals surface area contributed by atoms with Crippen LogP contribution in [0.15, 0.2) is 0 Å². The predicted molar refractivity (Wildman–Crippen MR) is 63.6 cm³/mol. The van der Waals surface area contributed by atoms with E-state index in [2.05, 4.69) is 19.2 Å². The third-order valence-corrected chi connectivity index (χ3v) is 4.57. The van der Waals surface area contributed by atoms with Crippen molar-refractivity contribution in [3.63, 3.8) is 0 Å². The molecule has 1 aromatic heterocycles. The fourth-order valence-corrected chi connectivity index (χ4v) is 3.74. The molecule has 1 fully saturated rings. The second-order valence-corrected chi connectivity index (χ2v) is 5.79. The van der Waals surface area contributed by atoms with Crippen LogP contribution in [0.4, 0.5) is 0 Å². The fourth-order valence-electron chi connectivity index (χ4n) is 2.24. The Morgan fingerprint density at radius 3 is 2.64 bits per heavy atom. The monoisotopic (exact) mass is 229 g/mol. The minimum absolute atomic E-state index is 0.640. The van der Waals surface area contributed by atoms with Crippen LogP contribution in [0.2, 0.25) is 5.02 Å². The summed E-state index contributed by atoms with van der Waals surface area (Å²) in [5.74, 6) is 0.640. The smallest absolute Gasteiger partial charge is 0.0580 e. The fraction of sp³-hybridized carbons (Fsp3) is 0.636. The van der Waals surface area contributed by atoms with Gasteiger partial charge in [0.25, 0.3) is 0 Å². The van der Waals surface area contributed by atoms with Gasteiger partial charge in [-0.2, -0.15) is 0 Å². The van der Waals surface area contributed by atoms with E-state index >= 15 is 0 Å². The van der Waals surface area contributed by atoms with Crippen molar-refractivity contribution in [2.75, 3.05) is 13.1 Å². The van der Waals surface area contributed by atoms with Crippen LogP contribution in [0.1, 0.15) is 34.1 Å². The molecule has 0 bridgehead atoms. The van der Waals surface area contributed by atoms with E-state index in [1.807, 2.05) is 11.3 Å². The summed E-state index contributed by atoms with van der Waals surface area (Å²) in [6, 6.07) is 0. The number of hydrogen-bond donors (Lipinski definition) is 1. The molecule has 14 heavy (non-hydrogen) atoms. The van der Waals surface area contributed by atoms with Gasteiger partial charge in [-0.25, -0.2) is 0 Å². The molecule has 1 atom stereocenters. The molecule has 2 rings (SSSR count). The number of thiophene rings is 1. The molecule has 0 spiro atoms. The summed E-state index contributed by atoms with van der Waals surface area (Å²) in [5.41, 5.74) is 1.40. The molecule has 0 amide bonds. The summed E-state index contributed by atoms with van der Waals surface area (Å²) in [6.45, 7) is 6.56. The molecule has 1 nitrogen and oxygen atoms in total. The number of piperidine rings is 1. The highest BCUT2D eigenvalue weighted by Gasteiger charge is 2.22. The first kappa shape index (κ1) is 10.5. The Bertz CT molecular complexity index is 326. The minimum atomic E-state index is 0.640. The van der Waals surface area contributed by atoms with E-state index in [9.17, 15) is 0 Å². The summed E-state index contributed by atoms with van der Waals surface area (Å²) in [4.78, 5) is 2.67. The molecule has 1 aliphatic rings. The van der Waals surface area contributed by atoms with E-state index in [-0.39, 0.29) is 0 Å². The largest absolute Gasteiger partial charge is 0.316 e. The normalized spacial score (nSPS) is 22.6. The summed E-state index contributed by atoms with van der Waals surface area (Å²) in [5, 5.41) is 4.46. The molecule has 0 aromatic carbocycles. The second-order valence-electron chi connectivity index (χ2n) is 3.99. The highest BCUT2D eigenvalue weighted by molar-refractivity contribution is 7.12. The molecule has 2 heterocycles. The van der Waals surface area contributed by atoms with Crippen molar-refractivity contribution in [1.82, 2.24) is 5.32 Å². The molecular formula is C11H16ClNS. The van der Waals surface area contributed by atoms with E-state index in [0.717, 1.165) is 18.1 Å². The average Bonchev–Trinajstić information content (AvgIpc) is 2.43. The van der Waals surface area contributed by atoms with Crippen LogP contribution >= 0.6 is 22.9 Å². The van der Waals surface area contributed by atoms with E-state index in [4.69, 9.17) is 11.6 Å². The zero-order valence-electron chi connectivity index (χ0n) is 8.69. The third kappa shape index (κ3) is 1.83. The van der Waals surface area contributed by atoms with Crippen LogP contribution in [0.5, 0.6) is 0 Å². The maximum absolute atomic E-state index is 6.33. The number of hydrogen-bond acceptors (Lipinski definition) is 2. The highest BCUT2D eigenvalue weighted by Crippen LogP contribution is 2.38. The van der Waals surface area contributed by atoms with Crippen molar-refractivity contribution < 1.29 is 0 Å². The lowest BCUT2D eigenvalue weighted by atomic mass is 9.92. The van der Waals surface area contributed by atoms with Crippen molar-refractivity contribution in [1.29, 1.82) is 0 Å². The van der Waals surface area contributed by atoms with Crippen LogP contribution in [-0.4, -0.2) is 13.1 Å². The summed E-state index contributed by atoms with van der Waals surface area (Å²) in [6.07, 6.45) is 2.55. The van der Waals surface area contributed by atoms with Gasteiger partial charge in [-0.05, 0) is 44.7 Å². The van der Waals surface area contributed by atoms with Crippen molar-refractivity contribution in [3.8, 4) is 0 Å². The Kier molecular flexibility index (Phi) is 3.15. The van der Waals surface area contributed by atoms with Crippen molar-refractivity contribution in [2.45, 2.75) is 32.6 Å². The van der Waals surface area contributed by atoms with E-state index in [0.29, 0.717) is 5.92 Å². The van der Waals surface area contributed by atoms with Gasteiger partial charge >= 0.3 is 0 Å². The van der Waals surface area contributed by atoms with Gasteiger partial charge in [0.15, 0.2) is 0 Å². The summed E-state index contributed by atoms with van der Waals surface area (Å²) in [7, 11) is 0. The first-order valence-electron chi connectivity index (χ1n) is 5.16. The Balaban J connectivity index is 2.29. The van der Waals surface area contributed by atoms with E-state index in [1.165, 1.54) is 28.2 Å². The van der Waals surface area contributed by atoms with Crippen LogP contribution in [0.25, 0.3) is 0 Å². The molecule has 1 aliphatic heterocycles. The summed E-state index contributed by atoms with van der Waals surface area (Å²) < 4.78 is 0. The SMILES string of the molecule is Cc1sc(C)c(C2CCCNC2)c1Cl. The lowest BCUT2D eigenvalue weighted by Gasteiger charge is -2.23. The number of aryl methyl sites for hydroxylation is 2. The molecule has 0 saturated carbocycles. The molecule has 1 saturated heterocycles. The molecule has 1 aromatic rings. The molecule has 0 aliphatic carbocycles. The van der Waals surface area contributed by atoms with Gasteiger partial charge < -0.3 is 5.32 Å². The van der Waals surface area contributed by atoms with Gasteiger partial charge in [0.05, 0.1) is 5.02 Å². The van der Waals surface area contributed by atoms with Gasteiger partial charge in [0.2, 0.25) is 0 Å². The van der Waals surface area contributed by atoms with Gasteiger partial charge in [-0.15, -0.1) is 11.3 Å². The number of nitrogens with one attached hydrogen (secondary N) is 1.